The van der Waals surface area contributed by atoms with E-state index in [0.717, 1.165) is 0 Å². The minimum absolute atomic E-state index is 0.0658. The molecule has 0 saturated heterocycles. The van der Waals surface area contributed by atoms with Crippen molar-refractivity contribution in [3.63, 3.8) is 0 Å². The highest BCUT2D eigenvalue weighted by atomic mass is 35.5. The number of carboxylic acids is 1. The zero-order valence-corrected chi connectivity index (χ0v) is 12.9. The van der Waals surface area contributed by atoms with E-state index < -0.39 is 5.97 Å². The van der Waals surface area contributed by atoms with Gasteiger partial charge in [0.15, 0.2) is 0 Å². The number of carbonyl (C=O) groups excluding carboxylic acids is 1. The Kier molecular flexibility index (Phi) is 6.30. The van der Waals surface area contributed by atoms with Crippen molar-refractivity contribution in [1.82, 2.24) is 4.90 Å². The third-order valence-corrected chi connectivity index (χ3v) is 3.61. The van der Waals surface area contributed by atoms with Crippen LogP contribution in [0.25, 0.3) is 0 Å². The van der Waals surface area contributed by atoms with Gasteiger partial charge in [0.05, 0.1) is 12.8 Å². The molecule has 0 saturated carbocycles. The summed E-state index contributed by atoms with van der Waals surface area (Å²) < 4.78 is 0. The number of nitrogens with zero attached hydrogens (tertiary/aromatic N) is 1. The predicted octanol–water partition coefficient (Wildman–Crippen LogP) is 3.25. The predicted molar refractivity (Wildman–Crippen MR) is 79.3 cm³/mol. The lowest BCUT2D eigenvalue weighted by atomic mass is 10.1. The molecule has 4 nitrogen and oxygen atoms in total. The van der Waals surface area contributed by atoms with Crippen molar-refractivity contribution in [3.8, 4) is 0 Å². The lowest BCUT2D eigenvalue weighted by Gasteiger charge is -2.26. The van der Waals surface area contributed by atoms with Gasteiger partial charge >= 0.3 is 5.97 Å². The Bertz CT molecular complexity index is 483. The number of carbonyl (C=O) groups is 2. The second-order valence-corrected chi connectivity index (χ2v) is 5.52. The molecule has 1 N–H and O–H groups in total. The maximum absolute atomic E-state index is 12.3. The Labute approximate surface area is 128 Å². The normalized spacial score (nSPS) is 10.7. The van der Waals surface area contributed by atoms with Crippen molar-refractivity contribution in [1.29, 1.82) is 0 Å². The van der Waals surface area contributed by atoms with Crippen molar-refractivity contribution >= 4 is 35.1 Å². The zero-order valence-electron chi connectivity index (χ0n) is 11.4. The van der Waals surface area contributed by atoms with E-state index in [0.29, 0.717) is 15.6 Å². The lowest BCUT2D eigenvalue weighted by molar-refractivity contribution is -0.139. The van der Waals surface area contributed by atoms with Crippen LogP contribution in [0.3, 0.4) is 0 Å². The number of carboxylic acid groups (broad SMARTS) is 1. The van der Waals surface area contributed by atoms with Crippen LogP contribution in [0.4, 0.5) is 0 Å². The van der Waals surface area contributed by atoms with Gasteiger partial charge in [-0.15, -0.1) is 0 Å². The highest BCUT2D eigenvalue weighted by molar-refractivity contribution is 6.36. The Morgan fingerprint density at radius 3 is 2.25 bits per heavy atom. The van der Waals surface area contributed by atoms with E-state index in [1.807, 2.05) is 13.8 Å². The summed E-state index contributed by atoms with van der Waals surface area (Å²) in [7, 11) is 0. The fourth-order valence-corrected chi connectivity index (χ4v) is 2.37. The van der Waals surface area contributed by atoms with Crippen molar-refractivity contribution in [2.24, 2.45) is 0 Å². The molecule has 0 heterocycles. The van der Waals surface area contributed by atoms with Gasteiger partial charge in [0.1, 0.15) is 0 Å². The lowest BCUT2D eigenvalue weighted by Crippen LogP contribution is -2.39. The van der Waals surface area contributed by atoms with Gasteiger partial charge in [-0.05, 0) is 31.5 Å². The number of benzene rings is 1. The molecule has 1 rings (SSSR count). The van der Waals surface area contributed by atoms with Crippen LogP contribution in [0.1, 0.15) is 25.8 Å². The highest BCUT2D eigenvalue weighted by Crippen LogP contribution is 2.25. The number of aliphatic carboxylic acids is 1. The van der Waals surface area contributed by atoms with Crippen molar-refractivity contribution < 1.29 is 14.7 Å². The monoisotopic (exact) mass is 317 g/mol. The molecule has 1 aromatic rings. The zero-order chi connectivity index (χ0) is 15.3. The molecule has 0 aliphatic rings. The van der Waals surface area contributed by atoms with Gasteiger partial charge in [-0.1, -0.05) is 29.3 Å². The van der Waals surface area contributed by atoms with Gasteiger partial charge in [0, 0.05) is 22.6 Å². The van der Waals surface area contributed by atoms with Crippen LogP contribution >= 0.6 is 23.2 Å². The third-order valence-electron chi connectivity index (χ3n) is 2.90. The Morgan fingerprint density at radius 2 is 1.80 bits per heavy atom. The van der Waals surface area contributed by atoms with Crippen LogP contribution in [0.2, 0.25) is 10.0 Å². The fraction of sp³-hybridized carbons (Fsp3) is 0.429. The molecule has 0 aliphatic carbocycles. The summed E-state index contributed by atoms with van der Waals surface area (Å²) >= 11 is 12.1. The first kappa shape index (κ1) is 16.8. The Hall–Kier alpha value is -1.26. The van der Waals surface area contributed by atoms with E-state index in [2.05, 4.69) is 0 Å². The molecule has 1 aromatic carbocycles. The largest absolute Gasteiger partial charge is 0.481 e. The molecule has 0 bridgehead atoms. The van der Waals surface area contributed by atoms with Gasteiger partial charge in [0.25, 0.3) is 0 Å². The molecule has 0 fully saturated rings. The Balaban J connectivity index is 2.83. The number of rotatable bonds is 6. The molecular weight excluding hydrogens is 301 g/mol. The number of amides is 1. The van der Waals surface area contributed by atoms with E-state index >= 15 is 0 Å². The summed E-state index contributed by atoms with van der Waals surface area (Å²) in [6.07, 6.45) is -0.0174. The van der Waals surface area contributed by atoms with Crippen LogP contribution in [0.15, 0.2) is 18.2 Å². The summed E-state index contributed by atoms with van der Waals surface area (Å²) in [6, 6.07) is 4.98. The van der Waals surface area contributed by atoms with Crippen LogP contribution in [0.5, 0.6) is 0 Å². The molecular formula is C14H17Cl2NO3. The molecule has 0 radical (unpaired) electrons. The molecule has 1 amide bonds. The van der Waals surface area contributed by atoms with Crippen LogP contribution in [0, 0.1) is 0 Å². The second-order valence-electron chi connectivity index (χ2n) is 4.70. The number of hydrogen-bond donors (Lipinski definition) is 1. The van der Waals surface area contributed by atoms with Crippen molar-refractivity contribution in [2.45, 2.75) is 32.7 Å². The fourth-order valence-electron chi connectivity index (χ4n) is 1.84. The smallest absolute Gasteiger partial charge is 0.305 e. The number of hydrogen-bond acceptors (Lipinski definition) is 2. The molecule has 20 heavy (non-hydrogen) atoms. The third kappa shape index (κ3) is 4.69. The van der Waals surface area contributed by atoms with Crippen molar-refractivity contribution in [3.05, 3.63) is 33.8 Å². The van der Waals surface area contributed by atoms with E-state index in [9.17, 15) is 9.59 Å². The van der Waals surface area contributed by atoms with E-state index in [4.69, 9.17) is 28.3 Å². The number of halogens is 2. The summed E-state index contributed by atoms with van der Waals surface area (Å²) in [5.41, 5.74) is 0.571. The van der Waals surface area contributed by atoms with E-state index in [1.165, 1.54) is 4.90 Å². The molecule has 0 unspecified atom stereocenters. The molecule has 0 aromatic heterocycles. The first-order chi connectivity index (χ1) is 9.32. The molecule has 6 heteroatoms. The highest BCUT2D eigenvalue weighted by Gasteiger charge is 2.20. The standard InChI is InChI=1S/C14H17Cl2NO3/c1-9(2)17(7-6-14(19)20)13(18)8-10-11(15)4-3-5-12(10)16/h3-5,9H,6-8H2,1-2H3,(H,19,20). The first-order valence-corrected chi connectivity index (χ1v) is 7.02. The van der Waals surface area contributed by atoms with Crippen LogP contribution in [-0.4, -0.2) is 34.5 Å². The summed E-state index contributed by atoms with van der Waals surface area (Å²) in [6.45, 7) is 3.86. The maximum atomic E-state index is 12.3. The minimum Gasteiger partial charge on any atom is -0.481 e. The quantitative estimate of drug-likeness (QED) is 0.876. The SMILES string of the molecule is CC(C)N(CCC(=O)O)C(=O)Cc1c(Cl)cccc1Cl. The molecule has 0 spiro atoms. The molecule has 0 atom stereocenters. The summed E-state index contributed by atoms with van der Waals surface area (Å²) in [5, 5.41) is 9.60. The van der Waals surface area contributed by atoms with Gasteiger partial charge in [-0.25, -0.2) is 0 Å². The molecule has 110 valence electrons. The molecule has 0 aliphatic heterocycles. The van der Waals surface area contributed by atoms with Crippen LogP contribution in [-0.2, 0) is 16.0 Å². The van der Waals surface area contributed by atoms with E-state index in [-0.39, 0.29) is 31.3 Å². The topological polar surface area (TPSA) is 57.6 Å². The summed E-state index contributed by atoms with van der Waals surface area (Å²) in [4.78, 5) is 24.4. The summed E-state index contributed by atoms with van der Waals surface area (Å²) in [5.74, 6) is -1.12. The average Bonchev–Trinajstić information content (AvgIpc) is 2.33. The maximum Gasteiger partial charge on any atom is 0.305 e. The van der Waals surface area contributed by atoms with E-state index in [1.54, 1.807) is 18.2 Å². The Morgan fingerprint density at radius 1 is 1.25 bits per heavy atom. The van der Waals surface area contributed by atoms with Gasteiger partial charge in [-0.3, -0.25) is 9.59 Å². The van der Waals surface area contributed by atoms with Crippen LogP contribution < -0.4 is 0 Å². The van der Waals surface area contributed by atoms with Gasteiger partial charge < -0.3 is 10.0 Å². The van der Waals surface area contributed by atoms with Gasteiger partial charge in [0.2, 0.25) is 5.91 Å². The first-order valence-electron chi connectivity index (χ1n) is 6.27. The van der Waals surface area contributed by atoms with Crippen molar-refractivity contribution in [2.75, 3.05) is 6.54 Å². The minimum atomic E-state index is -0.931. The van der Waals surface area contributed by atoms with Gasteiger partial charge in [-0.2, -0.15) is 0 Å². The second kappa shape index (κ2) is 7.50. The average molecular weight is 318 g/mol.